The predicted molar refractivity (Wildman–Crippen MR) is 83.4 cm³/mol. The molecule has 1 aromatic carbocycles. The second-order valence-electron chi connectivity index (χ2n) is 4.49. The lowest BCUT2D eigenvalue weighted by molar-refractivity contribution is -0.129. The lowest BCUT2D eigenvalue weighted by atomic mass is 10.1. The molecule has 1 heterocycles. The molecule has 0 unspecified atom stereocenters. The van der Waals surface area contributed by atoms with Crippen LogP contribution in [0.5, 0.6) is 0 Å². The molecule has 1 amide bonds. The second-order valence-corrected chi connectivity index (χ2v) is 6.78. The van der Waals surface area contributed by atoms with Gasteiger partial charge in [-0.05, 0) is 50.6 Å². The Bertz CT molecular complexity index is 643. The first-order chi connectivity index (χ1) is 9.58. The summed E-state index contributed by atoms with van der Waals surface area (Å²) in [4.78, 5) is 13.8. The molecule has 2 aromatic rings. The number of nitriles is 1. The molecule has 5 heteroatoms. The molecule has 0 aliphatic heterocycles. The SMILES string of the molecule is CN(Cc1csc(Br)c1)C(=O)Cc1ccc(C#N)cc1. The van der Waals surface area contributed by atoms with E-state index in [0.717, 1.165) is 14.9 Å². The molecule has 0 spiro atoms. The van der Waals surface area contributed by atoms with Crippen LogP contribution in [0, 0.1) is 11.3 Å². The van der Waals surface area contributed by atoms with E-state index in [0.29, 0.717) is 18.5 Å². The Balaban J connectivity index is 1.95. The van der Waals surface area contributed by atoms with Crippen LogP contribution in [0.2, 0.25) is 0 Å². The molecule has 0 bridgehead atoms. The monoisotopic (exact) mass is 348 g/mol. The summed E-state index contributed by atoms with van der Waals surface area (Å²) in [5.41, 5.74) is 2.66. The van der Waals surface area contributed by atoms with Crippen molar-refractivity contribution in [2.75, 3.05) is 7.05 Å². The largest absolute Gasteiger partial charge is 0.341 e. The van der Waals surface area contributed by atoms with E-state index in [1.54, 1.807) is 35.4 Å². The number of likely N-dealkylation sites (N-methyl/N-ethyl adjacent to an activating group) is 1. The third kappa shape index (κ3) is 3.92. The number of rotatable bonds is 4. The number of halogens is 1. The fourth-order valence-electron chi connectivity index (χ4n) is 1.80. The van der Waals surface area contributed by atoms with E-state index < -0.39 is 0 Å². The van der Waals surface area contributed by atoms with Crippen molar-refractivity contribution in [3.63, 3.8) is 0 Å². The summed E-state index contributed by atoms with van der Waals surface area (Å²) in [6, 6.07) is 11.2. The summed E-state index contributed by atoms with van der Waals surface area (Å²) in [6.07, 6.45) is 0.355. The Labute approximate surface area is 130 Å². The molecule has 2 rings (SSSR count). The summed E-state index contributed by atoms with van der Waals surface area (Å²) in [7, 11) is 1.80. The molecule has 20 heavy (non-hydrogen) atoms. The molecule has 0 radical (unpaired) electrons. The lowest BCUT2D eigenvalue weighted by Gasteiger charge is -2.16. The summed E-state index contributed by atoms with van der Waals surface area (Å²) in [5.74, 6) is 0.0667. The highest BCUT2D eigenvalue weighted by Crippen LogP contribution is 2.21. The van der Waals surface area contributed by atoms with E-state index in [1.165, 1.54) is 0 Å². The van der Waals surface area contributed by atoms with Gasteiger partial charge in [-0.1, -0.05) is 12.1 Å². The van der Waals surface area contributed by atoms with E-state index in [4.69, 9.17) is 5.26 Å². The number of benzene rings is 1. The average Bonchev–Trinajstić information content (AvgIpc) is 2.85. The van der Waals surface area contributed by atoms with Gasteiger partial charge in [-0.25, -0.2) is 0 Å². The predicted octanol–water partition coefficient (Wildman–Crippen LogP) is 3.58. The van der Waals surface area contributed by atoms with Crippen molar-refractivity contribution in [3.8, 4) is 6.07 Å². The molecule has 0 N–H and O–H groups in total. The van der Waals surface area contributed by atoms with E-state index in [-0.39, 0.29) is 5.91 Å². The van der Waals surface area contributed by atoms with E-state index in [1.807, 2.05) is 23.6 Å². The van der Waals surface area contributed by atoms with Gasteiger partial charge in [-0.3, -0.25) is 4.79 Å². The van der Waals surface area contributed by atoms with Crippen LogP contribution in [0.4, 0.5) is 0 Å². The Morgan fingerprint density at radius 2 is 2.05 bits per heavy atom. The van der Waals surface area contributed by atoms with Crippen LogP contribution in [-0.4, -0.2) is 17.9 Å². The summed E-state index contributed by atoms with van der Waals surface area (Å²) in [5, 5.41) is 10.8. The number of hydrogen-bond donors (Lipinski definition) is 0. The maximum Gasteiger partial charge on any atom is 0.227 e. The van der Waals surface area contributed by atoms with Crippen LogP contribution < -0.4 is 0 Å². The summed E-state index contributed by atoms with van der Waals surface area (Å²) in [6.45, 7) is 0.608. The van der Waals surface area contributed by atoms with Crippen molar-refractivity contribution in [2.45, 2.75) is 13.0 Å². The van der Waals surface area contributed by atoms with Gasteiger partial charge in [0, 0.05) is 13.6 Å². The van der Waals surface area contributed by atoms with Gasteiger partial charge in [0.1, 0.15) is 0 Å². The first kappa shape index (κ1) is 14.8. The molecule has 0 aliphatic carbocycles. The van der Waals surface area contributed by atoms with Crippen molar-refractivity contribution in [2.24, 2.45) is 0 Å². The molecular formula is C15H13BrN2OS. The van der Waals surface area contributed by atoms with E-state index >= 15 is 0 Å². The van der Waals surface area contributed by atoms with Gasteiger partial charge in [0.15, 0.2) is 0 Å². The van der Waals surface area contributed by atoms with Crippen LogP contribution in [0.25, 0.3) is 0 Å². The van der Waals surface area contributed by atoms with Gasteiger partial charge >= 0.3 is 0 Å². The van der Waals surface area contributed by atoms with Crippen molar-refractivity contribution < 1.29 is 4.79 Å². The Morgan fingerprint density at radius 1 is 1.35 bits per heavy atom. The second kappa shape index (κ2) is 6.69. The number of carbonyl (C=O) groups is 1. The molecule has 0 saturated heterocycles. The van der Waals surface area contributed by atoms with Crippen LogP contribution in [0.3, 0.4) is 0 Å². The first-order valence-electron chi connectivity index (χ1n) is 6.04. The number of amides is 1. The Kier molecular flexibility index (Phi) is 4.94. The van der Waals surface area contributed by atoms with Crippen molar-refractivity contribution >= 4 is 33.2 Å². The van der Waals surface area contributed by atoms with Crippen LogP contribution in [0.1, 0.15) is 16.7 Å². The zero-order chi connectivity index (χ0) is 14.5. The topological polar surface area (TPSA) is 44.1 Å². The normalized spacial score (nSPS) is 10.1. The van der Waals surface area contributed by atoms with Crippen LogP contribution in [-0.2, 0) is 17.8 Å². The highest BCUT2D eigenvalue weighted by atomic mass is 79.9. The molecule has 0 aliphatic rings. The van der Waals surface area contributed by atoms with Gasteiger partial charge in [0.2, 0.25) is 5.91 Å². The molecule has 102 valence electrons. The molecule has 0 fully saturated rings. The van der Waals surface area contributed by atoms with Gasteiger partial charge in [-0.15, -0.1) is 11.3 Å². The fraction of sp³-hybridized carbons (Fsp3) is 0.200. The average molecular weight is 349 g/mol. The van der Waals surface area contributed by atoms with Crippen molar-refractivity contribution in [3.05, 3.63) is 56.2 Å². The Morgan fingerprint density at radius 3 is 2.60 bits per heavy atom. The van der Waals surface area contributed by atoms with Crippen LogP contribution in [0.15, 0.2) is 39.5 Å². The number of thiophene rings is 1. The maximum absolute atomic E-state index is 12.1. The molecule has 0 saturated carbocycles. The fourth-order valence-corrected chi connectivity index (χ4v) is 3.00. The first-order valence-corrected chi connectivity index (χ1v) is 7.71. The van der Waals surface area contributed by atoms with Gasteiger partial charge in [-0.2, -0.15) is 5.26 Å². The third-order valence-corrected chi connectivity index (χ3v) is 4.46. The third-order valence-electron chi connectivity index (χ3n) is 2.91. The number of nitrogens with zero attached hydrogens (tertiary/aromatic N) is 2. The molecule has 1 aromatic heterocycles. The number of hydrogen-bond acceptors (Lipinski definition) is 3. The Hall–Kier alpha value is -1.64. The maximum atomic E-state index is 12.1. The smallest absolute Gasteiger partial charge is 0.227 e. The minimum absolute atomic E-state index is 0.0667. The number of carbonyl (C=O) groups excluding carboxylic acids is 1. The lowest BCUT2D eigenvalue weighted by Crippen LogP contribution is -2.27. The standard InChI is InChI=1S/C15H13BrN2OS/c1-18(9-13-6-14(16)20-10-13)15(19)7-11-2-4-12(8-17)5-3-11/h2-6,10H,7,9H2,1H3. The zero-order valence-corrected chi connectivity index (χ0v) is 13.4. The molecule has 3 nitrogen and oxygen atoms in total. The molecular weight excluding hydrogens is 336 g/mol. The highest BCUT2D eigenvalue weighted by Gasteiger charge is 2.11. The summed E-state index contributed by atoms with van der Waals surface area (Å²) >= 11 is 5.03. The van der Waals surface area contributed by atoms with Gasteiger partial charge in [0.25, 0.3) is 0 Å². The zero-order valence-electron chi connectivity index (χ0n) is 11.0. The highest BCUT2D eigenvalue weighted by molar-refractivity contribution is 9.11. The quantitative estimate of drug-likeness (QED) is 0.847. The van der Waals surface area contributed by atoms with Gasteiger partial charge < -0.3 is 4.90 Å². The van der Waals surface area contributed by atoms with E-state index in [2.05, 4.69) is 22.0 Å². The van der Waals surface area contributed by atoms with Crippen molar-refractivity contribution in [1.82, 2.24) is 4.90 Å². The summed E-state index contributed by atoms with van der Waals surface area (Å²) < 4.78 is 1.07. The van der Waals surface area contributed by atoms with Gasteiger partial charge in [0.05, 0.1) is 21.8 Å². The molecule has 0 atom stereocenters. The van der Waals surface area contributed by atoms with E-state index in [9.17, 15) is 4.79 Å². The minimum Gasteiger partial charge on any atom is -0.341 e. The van der Waals surface area contributed by atoms with Crippen molar-refractivity contribution in [1.29, 1.82) is 5.26 Å². The van der Waals surface area contributed by atoms with Crippen LogP contribution >= 0.6 is 27.3 Å². The minimum atomic E-state index is 0.0667.